The lowest BCUT2D eigenvalue weighted by Gasteiger charge is -2.11. The highest BCUT2D eigenvalue weighted by Crippen LogP contribution is 2.29. The zero-order valence-corrected chi connectivity index (χ0v) is 10.4. The van der Waals surface area contributed by atoms with Gasteiger partial charge in [0, 0.05) is 24.7 Å². The Morgan fingerprint density at radius 1 is 1.35 bits per heavy atom. The molecule has 1 unspecified atom stereocenters. The quantitative estimate of drug-likeness (QED) is 0.868. The Hall–Kier alpha value is -1.89. The van der Waals surface area contributed by atoms with E-state index in [0.29, 0.717) is 12.2 Å². The minimum atomic E-state index is -4.44. The smallest absolute Gasteiger partial charge is 0.316 e. The number of fused-ring (bicyclic) bond motifs is 1. The molecule has 0 aromatic carbocycles. The molecule has 3 heterocycles. The van der Waals surface area contributed by atoms with Gasteiger partial charge in [-0.2, -0.15) is 13.2 Å². The highest BCUT2D eigenvalue weighted by atomic mass is 19.4. The molecule has 1 N–H and O–H groups in total. The van der Waals surface area contributed by atoms with Crippen LogP contribution in [0.3, 0.4) is 0 Å². The summed E-state index contributed by atoms with van der Waals surface area (Å²) < 4.78 is 39.2. The Bertz CT molecular complexity index is 702. The first-order valence-electron chi connectivity index (χ1n) is 6.26. The van der Waals surface area contributed by atoms with Crippen LogP contribution in [0, 0.1) is 0 Å². The van der Waals surface area contributed by atoms with Gasteiger partial charge in [0.05, 0.1) is 11.3 Å². The van der Waals surface area contributed by atoms with Crippen LogP contribution in [0.5, 0.6) is 0 Å². The number of nitrogens with zero attached hydrogens (tertiary/aromatic N) is 2. The Morgan fingerprint density at radius 2 is 2.15 bits per heavy atom. The van der Waals surface area contributed by atoms with E-state index in [9.17, 15) is 18.0 Å². The number of pyridine rings is 1. The van der Waals surface area contributed by atoms with Crippen molar-refractivity contribution in [3.8, 4) is 0 Å². The van der Waals surface area contributed by atoms with Gasteiger partial charge in [-0.05, 0) is 25.1 Å². The van der Waals surface area contributed by atoms with Crippen LogP contribution in [0.4, 0.5) is 13.2 Å². The number of hydrogen-bond donors (Lipinski definition) is 1. The summed E-state index contributed by atoms with van der Waals surface area (Å²) in [6, 6.07) is 3.19. The fraction of sp³-hybridized carbons (Fsp3) is 0.385. The van der Waals surface area contributed by atoms with Crippen LogP contribution < -0.4 is 10.9 Å². The van der Waals surface area contributed by atoms with E-state index in [-0.39, 0.29) is 17.1 Å². The zero-order chi connectivity index (χ0) is 14.3. The largest absolute Gasteiger partial charge is 0.416 e. The van der Waals surface area contributed by atoms with Crippen LogP contribution in [0.2, 0.25) is 0 Å². The predicted molar refractivity (Wildman–Crippen MR) is 66.7 cm³/mol. The molecule has 106 valence electrons. The minimum Gasteiger partial charge on any atom is -0.316 e. The minimum absolute atomic E-state index is 0.0363. The molecule has 1 atom stereocenters. The summed E-state index contributed by atoms with van der Waals surface area (Å²) in [5, 5.41) is 3.15. The maximum absolute atomic E-state index is 12.7. The van der Waals surface area contributed by atoms with Crippen molar-refractivity contribution < 1.29 is 13.2 Å². The second-order valence-electron chi connectivity index (χ2n) is 4.85. The molecule has 0 spiro atoms. The molecule has 7 heteroatoms. The summed E-state index contributed by atoms with van der Waals surface area (Å²) in [6.45, 7) is 1.52. The highest BCUT2D eigenvalue weighted by Gasteiger charge is 2.31. The van der Waals surface area contributed by atoms with Crippen molar-refractivity contribution in [1.29, 1.82) is 0 Å². The first-order chi connectivity index (χ1) is 9.45. The molecule has 2 aromatic heterocycles. The molecule has 1 saturated heterocycles. The lowest BCUT2D eigenvalue weighted by Crippen LogP contribution is -2.19. The average molecular weight is 283 g/mol. The van der Waals surface area contributed by atoms with Gasteiger partial charge in [-0.25, -0.2) is 4.98 Å². The molecule has 0 aliphatic carbocycles. The van der Waals surface area contributed by atoms with Gasteiger partial charge in [-0.1, -0.05) is 0 Å². The van der Waals surface area contributed by atoms with E-state index < -0.39 is 11.7 Å². The van der Waals surface area contributed by atoms with Crippen LogP contribution in [0.1, 0.15) is 23.6 Å². The molecule has 2 aromatic rings. The second-order valence-corrected chi connectivity index (χ2v) is 4.85. The monoisotopic (exact) mass is 283 g/mol. The molecule has 0 saturated carbocycles. The first-order valence-corrected chi connectivity index (χ1v) is 6.26. The fourth-order valence-corrected chi connectivity index (χ4v) is 2.41. The molecule has 0 amide bonds. The maximum atomic E-state index is 12.7. The summed E-state index contributed by atoms with van der Waals surface area (Å²) in [4.78, 5) is 16.2. The lowest BCUT2D eigenvalue weighted by molar-refractivity contribution is -0.137. The van der Waals surface area contributed by atoms with Gasteiger partial charge < -0.3 is 5.32 Å². The van der Waals surface area contributed by atoms with E-state index in [1.54, 1.807) is 0 Å². The van der Waals surface area contributed by atoms with Crippen LogP contribution >= 0.6 is 0 Å². The van der Waals surface area contributed by atoms with Crippen molar-refractivity contribution in [3.05, 3.63) is 46.0 Å². The second kappa shape index (κ2) is 4.59. The Morgan fingerprint density at radius 3 is 2.80 bits per heavy atom. The zero-order valence-electron chi connectivity index (χ0n) is 10.4. The Labute approximate surface area is 112 Å². The van der Waals surface area contributed by atoms with Gasteiger partial charge in [0.2, 0.25) is 0 Å². The molecule has 3 rings (SSSR count). The number of alkyl halides is 3. The Balaban J connectivity index is 2.15. The third kappa shape index (κ3) is 2.29. The summed E-state index contributed by atoms with van der Waals surface area (Å²) >= 11 is 0. The van der Waals surface area contributed by atoms with Crippen LogP contribution in [0.25, 0.3) is 5.65 Å². The topological polar surface area (TPSA) is 46.4 Å². The van der Waals surface area contributed by atoms with Gasteiger partial charge in [-0.3, -0.25) is 9.20 Å². The SMILES string of the molecule is O=c1cc(C2CCNC2)nc2cc(C(F)(F)F)ccn12. The van der Waals surface area contributed by atoms with Crippen molar-refractivity contribution in [2.45, 2.75) is 18.5 Å². The summed E-state index contributed by atoms with van der Waals surface area (Å²) in [5.41, 5.74) is -0.565. The third-order valence-electron chi connectivity index (χ3n) is 3.49. The molecule has 0 bridgehead atoms. The van der Waals surface area contributed by atoms with E-state index in [4.69, 9.17) is 0 Å². The van der Waals surface area contributed by atoms with E-state index in [0.717, 1.165) is 35.7 Å². The third-order valence-corrected chi connectivity index (χ3v) is 3.49. The van der Waals surface area contributed by atoms with E-state index in [1.165, 1.54) is 6.07 Å². The van der Waals surface area contributed by atoms with Gasteiger partial charge in [0.1, 0.15) is 5.65 Å². The molecule has 1 aliphatic heterocycles. The number of hydrogen-bond acceptors (Lipinski definition) is 3. The highest BCUT2D eigenvalue weighted by molar-refractivity contribution is 5.43. The number of nitrogens with one attached hydrogen (secondary N) is 1. The summed E-state index contributed by atoms with van der Waals surface area (Å²) in [5.74, 6) is 0.0854. The van der Waals surface area contributed by atoms with Crippen LogP contribution in [-0.2, 0) is 6.18 Å². The van der Waals surface area contributed by atoms with Gasteiger partial charge >= 0.3 is 6.18 Å². The lowest BCUT2D eigenvalue weighted by atomic mass is 10.0. The fourth-order valence-electron chi connectivity index (χ4n) is 2.41. The molecule has 4 nitrogen and oxygen atoms in total. The molecule has 1 fully saturated rings. The number of aromatic nitrogens is 2. The molecular formula is C13H12F3N3O. The van der Waals surface area contributed by atoms with Gasteiger partial charge in [0.25, 0.3) is 5.56 Å². The average Bonchev–Trinajstić information content (AvgIpc) is 2.90. The van der Waals surface area contributed by atoms with Crippen molar-refractivity contribution in [2.75, 3.05) is 13.1 Å². The van der Waals surface area contributed by atoms with Crippen molar-refractivity contribution in [1.82, 2.24) is 14.7 Å². The number of halogens is 3. The predicted octanol–water partition coefficient (Wildman–Crippen LogP) is 1.79. The van der Waals surface area contributed by atoms with E-state index >= 15 is 0 Å². The van der Waals surface area contributed by atoms with E-state index in [2.05, 4.69) is 10.3 Å². The molecule has 20 heavy (non-hydrogen) atoms. The van der Waals surface area contributed by atoms with Crippen molar-refractivity contribution >= 4 is 5.65 Å². The number of rotatable bonds is 1. The van der Waals surface area contributed by atoms with Crippen LogP contribution in [0.15, 0.2) is 29.2 Å². The summed E-state index contributed by atoms with van der Waals surface area (Å²) in [7, 11) is 0. The van der Waals surface area contributed by atoms with E-state index in [1.807, 2.05) is 0 Å². The van der Waals surface area contributed by atoms with Crippen LogP contribution in [-0.4, -0.2) is 22.5 Å². The molecular weight excluding hydrogens is 271 g/mol. The molecule has 1 aliphatic rings. The normalized spacial score (nSPS) is 19.6. The standard InChI is InChI=1S/C13H12F3N3O/c14-13(15,16)9-2-4-19-11(5-9)18-10(6-12(19)20)8-1-3-17-7-8/h2,4-6,8,17H,1,3,7H2. The molecule has 0 radical (unpaired) electrons. The maximum Gasteiger partial charge on any atom is 0.416 e. The van der Waals surface area contributed by atoms with Gasteiger partial charge in [0.15, 0.2) is 0 Å². The summed E-state index contributed by atoms with van der Waals surface area (Å²) in [6.07, 6.45) is -2.49. The first kappa shape index (κ1) is 13.1. The van der Waals surface area contributed by atoms with Crippen molar-refractivity contribution in [3.63, 3.8) is 0 Å². The Kier molecular flexibility index (Phi) is 3.01. The van der Waals surface area contributed by atoms with Crippen molar-refractivity contribution in [2.24, 2.45) is 0 Å². The van der Waals surface area contributed by atoms with Gasteiger partial charge in [-0.15, -0.1) is 0 Å².